The van der Waals surface area contributed by atoms with Crippen LogP contribution < -0.4 is 16.0 Å². The molecule has 0 radical (unpaired) electrons. The van der Waals surface area contributed by atoms with E-state index in [2.05, 4.69) is 5.32 Å². The highest BCUT2D eigenvalue weighted by Crippen LogP contribution is 2.22. The zero-order valence-electron chi connectivity index (χ0n) is 12.0. The Morgan fingerprint density at radius 1 is 1.45 bits per heavy atom. The van der Waals surface area contributed by atoms with Crippen LogP contribution in [0.2, 0.25) is 0 Å². The summed E-state index contributed by atoms with van der Waals surface area (Å²) in [6, 6.07) is 7.14. The molecule has 0 atom stereocenters. The van der Waals surface area contributed by atoms with E-state index < -0.39 is 5.54 Å². The van der Waals surface area contributed by atoms with Crippen molar-refractivity contribution in [1.82, 2.24) is 5.32 Å². The summed E-state index contributed by atoms with van der Waals surface area (Å²) in [5.41, 5.74) is 6.73. The van der Waals surface area contributed by atoms with Crippen LogP contribution in [-0.4, -0.2) is 30.4 Å². The van der Waals surface area contributed by atoms with Gasteiger partial charge in [-0.2, -0.15) is 0 Å². The molecule has 1 saturated heterocycles. The number of rotatable bonds is 4. The predicted molar refractivity (Wildman–Crippen MR) is 78.6 cm³/mol. The zero-order chi connectivity index (χ0) is 14.8. The van der Waals surface area contributed by atoms with Gasteiger partial charge in [0.15, 0.2) is 0 Å². The van der Waals surface area contributed by atoms with E-state index in [0.29, 0.717) is 18.5 Å². The maximum absolute atomic E-state index is 12.1. The molecule has 1 heterocycles. The summed E-state index contributed by atoms with van der Waals surface area (Å²) in [6.45, 7) is 4.83. The minimum Gasteiger partial charge on any atom is -0.350 e. The molecule has 20 heavy (non-hydrogen) atoms. The van der Waals surface area contributed by atoms with Crippen molar-refractivity contribution >= 4 is 17.5 Å². The van der Waals surface area contributed by atoms with Crippen LogP contribution in [0, 0.1) is 0 Å². The molecule has 2 rings (SSSR count). The second-order valence-electron chi connectivity index (χ2n) is 5.87. The first kappa shape index (κ1) is 14.5. The highest BCUT2D eigenvalue weighted by molar-refractivity contribution is 5.99. The van der Waals surface area contributed by atoms with E-state index in [9.17, 15) is 9.59 Å². The molecular formula is C15H21N3O2. The third-order valence-corrected chi connectivity index (χ3v) is 3.20. The smallest absolute Gasteiger partial charge is 0.251 e. The lowest BCUT2D eigenvalue weighted by Gasteiger charge is -2.20. The van der Waals surface area contributed by atoms with Crippen LogP contribution in [0.15, 0.2) is 24.3 Å². The quantitative estimate of drug-likeness (QED) is 0.869. The first-order valence-corrected chi connectivity index (χ1v) is 6.84. The minimum absolute atomic E-state index is 0.116. The Bertz CT molecular complexity index is 520. The second-order valence-corrected chi connectivity index (χ2v) is 5.87. The van der Waals surface area contributed by atoms with Gasteiger partial charge in [0.25, 0.3) is 5.91 Å². The van der Waals surface area contributed by atoms with Crippen molar-refractivity contribution in [3.63, 3.8) is 0 Å². The van der Waals surface area contributed by atoms with Crippen molar-refractivity contribution in [2.24, 2.45) is 5.73 Å². The van der Waals surface area contributed by atoms with E-state index in [1.165, 1.54) is 0 Å². The van der Waals surface area contributed by atoms with Crippen molar-refractivity contribution < 1.29 is 9.59 Å². The molecule has 0 bridgehead atoms. The van der Waals surface area contributed by atoms with Gasteiger partial charge in [-0.15, -0.1) is 0 Å². The molecule has 0 saturated carbocycles. The number of anilines is 1. The molecule has 3 N–H and O–H groups in total. The van der Waals surface area contributed by atoms with E-state index in [1.54, 1.807) is 23.1 Å². The van der Waals surface area contributed by atoms with Crippen LogP contribution >= 0.6 is 0 Å². The number of amides is 2. The molecule has 5 nitrogen and oxygen atoms in total. The zero-order valence-corrected chi connectivity index (χ0v) is 12.0. The van der Waals surface area contributed by atoms with Crippen LogP contribution in [0.5, 0.6) is 0 Å². The summed E-state index contributed by atoms with van der Waals surface area (Å²) in [5.74, 6) is -0.0531. The first-order valence-electron chi connectivity index (χ1n) is 6.84. The predicted octanol–water partition coefficient (Wildman–Crippen LogP) is 1.28. The van der Waals surface area contributed by atoms with E-state index in [-0.39, 0.29) is 11.8 Å². The average molecular weight is 275 g/mol. The molecule has 0 aliphatic carbocycles. The number of hydrogen-bond acceptors (Lipinski definition) is 3. The summed E-state index contributed by atoms with van der Waals surface area (Å²) < 4.78 is 0. The summed E-state index contributed by atoms with van der Waals surface area (Å²) in [7, 11) is 0. The largest absolute Gasteiger partial charge is 0.350 e. The Morgan fingerprint density at radius 3 is 2.80 bits per heavy atom. The topological polar surface area (TPSA) is 75.4 Å². The van der Waals surface area contributed by atoms with Gasteiger partial charge in [-0.05, 0) is 38.5 Å². The summed E-state index contributed by atoms with van der Waals surface area (Å²) in [4.78, 5) is 25.5. The van der Waals surface area contributed by atoms with Crippen LogP contribution in [0.1, 0.15) is 37.0 Å². The normalized spacial score (nSPS) is 15.6. The monoisotopic (exact) mass is 275 g/mol. The van der Waals surface area contributed by atoms with Crippen molar-refractivity contribution in [2.45, 2.75) is 32.2 Å². The van der Waals surface area contributed by atoms with Crippen LogP contribution in [0.4, 0.5) is 5.69 Å². The van der Waals surface area contributed by atoms with Gasteiger partial charge in [-0.25, -0.2) is 0 Å². The molecule has 0 spiro atoms. The molecule has 108 valence electrons. The van der Waals surface area contributed by atoms with Gasteiger partial charge in [0.05, 0.1) is 0 Å². The third kappa shape index (κ3) is 3.57. The molecule has 2 amide bonds. The number of hydrogen-bond donors (Lipinski definition) is 2. The van der Waals surface area contributed by atoms with Gasteiger partial charge in [0.2, 0.25) is 5.91 Å². The average Bonchev–Trinajstić information content (AvgIpc) is 2.81. The molecule has 1 fully saturated rings. The molecule has 1 aromatic carbocycles. The fourth-order valence-corrected chi connectivity index (χ4v) is 2.15. The van der Waals surface area contributed by atoms with E-state index in [4.69, 9.17) is 5.73 Å². The van der Waals surface area contributed by atoms with Crippen LogP contribution in [0.3, 0.4) is 0 Å². The second kappa shape index (κ2) is 5.63. The van der Waals surface area contributed by atoms with Gasteiger partial charge in [-0.1, -0.05) is 6.07 Å². The molecule has 1 aromatic rings. The first-order chi connectivity index (χ1) is 9.37. The number of carbonyl (C=O) groups excluding carboxylic acids is 2. The van der Waals surface area contributed by atoms with Gasteiger partial charge in [0.1, 0.15) is 0 Å². The lowest BCUT2D eigenvalue weighted by molar-refractivity contribution is -0.117. The Balaban J connectivity index is 2.09. The summed E-state index contributed by atoms with van der Waals surface area (Å²) in [6.07, 6.45) is 1.45. The van der Waals surface area contributed by atoms with E-state index >= 15 is 0 Å². The molecule has 5 heteroatoms. The van der Waals surface area contributed by atoms with Gasteiger partial charge in [0, 0.05) is 36.3 Å². The molecular weight excluding hydrogens is 254 g/mol. The SMILES string of the molecule is CC(C)(N)CNC(=O)c1cccc(N2CCCC2=O)c1. The minimum atomic E-state index is -0.446. The lowest BCUT2D eigenvalue weighted by Crippen LogP contribution is -2.45. The van der Waals surface area contributed by atoms with E-state index in [0.717, 1.165) is 18.7 Å². The summed E-state index contributed by atoms with van der Waals surface area (Å²) in [5, 5.41) is 2.80. The molecule has 1 aliphatic rings. The van der Waals surface area contributed by atoms with Gasteiger partial charge >= 0.3 is 0 Å². The van der Waals surface area contributed by atoms with Crippen molar-refractivity contribution in [3.8, 4) is 0 Å². The van der Waals surface area contributed by atoms with Gasteiger partial charge in [-0.3, -0.25) is 9.59 Å². The number of nitrogens with zero attached hydrogens (tertiary/aromatic N) is 1. The maximum atomic E-state index is 12.1. The molecule has 0 aromatic heterocycles. The van der Waals surface area contributed by atoms with Crippen LogP contribution in [0.25, 0.3) is 0 Å². The molecule has 0 unspecified atom stereocenters. The standard InChI is InChI=1S/C15H21N3O2/c1-15(2,16)10-17-14(20)11-5-3-6-12(9-11)18-8-4-7-13(18)19/h3,5-6,9H,4,7-8,10,16H2,1-2H3,(H,17,20). The Morgan fingerprint density at radius 2 is 2.20 bits per heavy atom. The van der Waals surface area contributed by atoms with Gasteiger partial charge < -0.3 is 16.0 Å². The Kier molecular flexibility index (Phi) is 4.09. The van der Waals surface area contributed by atoms with Crippen molar-refractivity contribution in [2.75, 3.05) is 18.0 Å². The Hall–Kier alpha value is -1.88. The number of benzene rings is 1. The number of nitrogens with one attached hydrogen (secondary N) is 1. The highest BCUT2D eigenvalue weighted by atomic mass is 16.2. The fourth-order valence-electron chi connectivity index (χ4n) is 2.15. The maximum Gasteiger partial charge on any atom is 0.251 e. The fraction of sp³-hybridized carbons (Fsp3) is 0.467. The van der Waals surface area contributed by atoms with Crippen LogP contribution in [-0.2, 0) is 4.79 Å². The number of carbonyl (C=O) groups is 2. The third-order valence-electron chi connectivity index (χ3n) is 3.20. The molecule has 1 aliphatic heterocycles. The van der Waals surface area contributed by atoms with Crippen molar-refractivity contribution in [1.29, 1.82) is 0 Å². The van der Waals surface area contributed by atoms with Crippen molar-refractivity contribution in [3.05, 3.63) is 29.8 Å². The number of nitrogens with two attached hydrogens (primary N) is 1. The van der Waals surface area contributed by atoms with E-state index in [1.807, 2.05) is 19.9 Å². The Labute approximate surface area is 119 Å². The summed E-state index contributed by atoms with van der Waals surface area (Å²) >= 11 is 0. The highest BCUT2D eigenvalue weighted by Gasteiger charge is 2.22. The lowest BCUT2D eigenvalue weighted by atomic mass is 10.1.